The average molecular weight is 681 g/mol. The maximum Gasteiger partial charge on any atom is 0.143 e. The summed E-state index contributed by atoms with van der Waals surface area (Å²) < 4.78 is 7.11. The molecule has 1 heteroatoms. The number of fused-ring (bicyclic) bond motifs is 3. The summed E-state index contributed by atoms with van der Waals surface area (Å²) in [5, 5.41) is 17.9. The van der Waals surface area contributed by atoms with Crippen LogP contribution in [0.5, 0.6) is 0 Å². The number of benzene rings is 10. The van der Waals surface area contributed by atoms with Crippen molar-refractivity contribution in [3.05, 3.63) is 145 Å². The van der Waals surface area contributed by atoms with Crippen LogP contribution in [-0.4, -0.2) is 0 Å². The Bertz CT molecular complexity index is 3030. The molecule has 0 bridgehead atoms. The van der Waals surface area contributed by atoms with Gasteiger partial charge in [0.25, 0.3) is 0 Å². The molecule has 0 saturated heterocycles. The van der Waals surface area contributed by atoms with Gasteiger partial charge in [-0.15, -0.1) is 0 Å². The lowest BCUT2D eigenvalue weighted by atomic mass is 9.82. The van der Waals surface area contributed by atoms with Gasteiger partial charge in [0.1, 0.15) is 11.2 Å². The van der Waals surface area contributed by atoms with Crippen LogP contribution >= 0.6 is 0 Å². The smallest absolute Gasteiger partial charge is 0.143 e. The molecule has 11 aromatic rings. The molecule has 0 aliphatic heterocycles. The Labute approximate surface area is 309 Å². The third-order valence-corrected chi connectivity index (χ3v) is 12.0. The highest BCUT2D eigenvalue weighted by molar-refractivity contribution is 6.28. The predicted octanol–water partition coefficient (Wildman–Crippen LogP) is 15.3. The molecule has 0 fully saturated rings. The first-order valence-corrected chi connectivity index (χ1v) is 18.9. The van der Waals surface area contributed by atoms with E-state index in [0.29, 0.717) is 0 Å². The van der Waals surface area contributed by atoms with Crippen LogP contribution < -0.4 is 0 Å². The van der Waals surface area contributed by atoms with Crippen LogP contribution in [0.3, 0.4) is 0 Å². The molecular weight excluding hydrogens is 641 g/mol. The summed E-state index contributed by atoms with van der Waals surface area (Å²) in [7, 11) is 0. The van der Waals surface area contributed by atoms with Gasteiger partial charge in [-0.25, -0.2) is 0 Å². The van der Waals surface area contributed by atoms with Crippen molar-refractivity contribution in [1.82, 2.24) is 0 Å². The molecule has 0 radical (unpaired) electrons. The topological polar surface area (TPSA) is 13.1 Å². The van der Waals surface area contributed by atoms with Gasteiger partial charge in [-0.3, -0.25) is 0 Å². The Balaban J connectivity index is 1.14. The number of para-hydroxylation sites is 2. The number of hydrogen-bond donors (Lipinski definition) is 0. The fourth-order valence-electron chi connectivity index (χ4n) is 9.22. The number of furan rings is 1. The Morgan fingerprint density at radius 2 is 0.679 bits per heavy atom. The molecule has 0 amide bonds. The highest BCUT2D eigenvalue weighted by Gasteiger charge is 2.22. The van der Waals surface area contributed by atoms with Crippen LogP contribution in [-0.2, 0) is 10.8 Å². The Morgan fingerprint density at radius 1 is 0.321 bits per heavy atom. The highest BCUT2D eigenvalue weighted by Crippen LogP contribution is 2.47. The van der Waals surface area contributed by atoms with E-state index in [1.54, 1.807) is 0 Å². The SMILES string of the molecule is CC(C)(C)c1cc2ccc3ccc(-c4cccc5c4oc4c(-c6ccc7ccc8cc(C(C)(C)C)cc9ccc6c7c89)cccc45)c4ccc(c1)c2c34. The molecule has 53 heavy (non-hydrogen) atoms. The minimum absolute atomic E-state index is 0.0825. The molecule has 11 rings (SSSR count). The van der Waals surface area contributed by atoms with Crippen LogP contribution in [0.25, 0.3) is 109 Å². The van der Waals surface area contributed by atoms with Crippen molar-refractivity contribution < 1.29 is 4.42 Å². The zero-order chi connectivity index (χ0) is 36.0. The minimum Gasteiger partial charge on any atom is -0.455 e. The average Bonchev–Trinajstić information content (AvgIpc) is 3.54. The van der Waals surface area contributed by atoms with Crippen molar-refractivity contribution in [3.8, 4) is 22.3 Å². The van der Waals surface area contributed by atoms with Crippen molar-refractivity contribution in [2.45, 2.75) is 52.4 Å². The van der Waals surface area contributed by atoms with Gasteiger partial charge in [0, 0.05) is 21.9 Å². The first-order valence-electron chi connectivity index (χ1n) is 18.9. The van der Waals surface area contributed by atoms with Crippen LogP contribution in [0.15, 0.2) is 138 Å². The number of hydrogen-bond acceptors (Lipinski definition) is 1. The second kappa shape index (κ2) is 10.4. The van der Waals surface area contributed by atoms with Crippen molar-refractivity contribution >= 4 is 86.6 Å². The fourth-order valence-corrected chi connectivity index (χ4v) is 9.22. The minimum atomic E-state index is 0.0825. The molecule has 0 atom stereocenters. The highest BCUT2D eigenvalue weighted by atomic mass is 16.3. The van der Waals surface area contributed by atoms with E-state index in [-0.39, 0.29) is 10.8 Å². The molecule has 254 valence electrons. The molecule has 1 aromatic heterocycles. The van der Waals surface area contributed by atoms with E-state index in [9.17, 15) is 0 Å². The normalized spacial score (nSPS) is 13.1. The molecule has 10 aromatic carbocycles. The second-order valence-corrected chi connectivity index (χ2v) is 17.3. The Kier molecular flexibility index (Phi) is 6.00. The molecule has 0 unspecified atom stereocenters. The predicted molar refractivity (Wildman–Crippen MR) is 229 cm³/mol. The monoisotopic (exact) mass is 680 g/mol. The van der Waals surface area contributed by atoms with Crippen molar-refractivity contribution in [3.63, 3.8) is 0 Å². The molecule has 1 heterocycles. The third-order valence-electron chi connectivity index (χ3n) is 12.0. The van der Waals surface area contributed by atoms with Gasteiger partial charge in [0.2, 0.25) is 0 Å². The van der Waals surface area contributed by atoms with E-state index in [2.05, 4.69) is 175 Å². The van der Waals surface area contributed by atoms with Crippen molar-refractivity contribution in [1.29, 1.82) is 0 Å². The molecule has 0 saturated carbocycles. The van der Waals surface area contributed by atoms with Crippen molar-refractivity contribution in [2.24, 2.45) is 0 Å². The second-order valence-electron chi connectivity index (χ2n) is 17.3. The van der Waals surface area contributed by atoms with E-state index in [4.69, 9.17) is 4.42 Å². The summed E-state index contributed by atoms with van der Waals surface area (Å²) in [6.45, 7) is 13.8. The zero-order valence-corrected chi connectivity index (χ0v) is 31.1. The lowest BCUT2D eigenvalue weighted by molar-refractivity contribution is 0.591. The zero-order valence-electron chi connectivity index (χ0n) is 31.1. The van der Waals surface area contributed by atoms with Crippen LogP contribution in [0.4, 0.5) is 0 Å². The van der Waals surface area contributed by atoms with Gasteiger partial charge in [0.05, 0.1) is 0 Å². The van der Waals surface area contributed by atoms with Gasteiger partial charge >= 0.3 is 0 Å². The lowest BCUT2D eigenvalue weighted by Gasteiger charge is -2.22. The molecule has 0 spiro atoms. The maximum absolute atomic E-state index is 7.11. The van der Waals surface area contributed by atoms with Gasteiger partial charge in [-0.05, 0) is 97.7 Å². The summed E-state index contributed by atoms with van der Waals surface area (Å²) in [6, 6.07) is 50.4. The van der Waals surface area contributed by atoms with E-state index >= 15 is 0 Å². The Hall–Kier alpha value is -5.92. The first-order chi connectivity index (χ1) is 25.5. The van der Waals surface area contributed by atoms with Gasteiger partial charge in [0.15, 0.2) is 0 Å². The molecule has 0 aliphatic rings. The molecule has 1 nitrogen and oxygen atoms in total. The number of rotatable bonds is 2. The van der Waals surface area contributed by atoms with Crippen molar-refractivity contribution in [2.75, 3.05) is 0 Å². The van der Waals surface area contributed by atoms with Gasteiger partial charge in [-0.1, -0.05) is 175 Å². The summed E-state index contributed by atoms with van der Waals surface area (Å²) in [6.07, 6.45) is 0. The van der Waals surface area contributed by atoms with Gasteiger partial charge < -0.3 is 4.42 Å². The quantitative estimate of drug-likeness (QED) is 0.166. The summed E-state index contributed by atoms with van der Waals surface area (Å²) >= 11 is 0. The largest absolute Gasteiger partial charge is 0.455 e. The molecule has 0 N–H and O–H groups in total. The fraction of sp³-hybridized carbons (Fsp3) is 0.154. The van der Waals surface area contributed by atoms with E-state index in [0.717, 1.165) is 33.1 Å². The van der Waals surface area contributed by atoms with E-state index < -0.39 is 0 Å². The van der Waals surface area contributed by atoms with E-state index in [1.807, 2.05) is 0 Å². The first kappa shape index (κ1) is 30.7. The standard InChI is InChI=1S/C52H40O/c1-51(2,3)35-25-31-15-13-29-17-21-37(39-23-19-33(27-35)45(31)47(29)39)41-9-7-11-43-44-12-8-10-42(50(44)53-49(41)43)38-22-18-30-14-16-32-26-36(52(4,5)6)28-34-20-24-40(38)48(30)46(32)34/h7-28H,1-6H3. The van der Waals surface area contributed by atoms with Crippen LogP contribution in [0, 0.1) is 0 Å². The Morgan fingerprint density at radius 3 is 1.08 bits per heavy atom. The molecule has 0 aliphatic carbocycles. The lowest BCUT2D eigenvalue weighted by Crippen LogP contribution is -2.10. The molecular formula is C52H40O. The van der Waals surface area contributed by atoms with Crippen LogP contribution in [0.2, 0.25) is 0 Å². The van der Waals surface area contributed by atoms with Crippen LogP contribution in [0.1, 0.15) is 52.7 Å². The summed E-state index contributed by atoms with van der Waals surface area (Å²) in [5.74, 6) is 0. The summed E-state index contributed by atoms with van der Waals surface area (Å²) in [4.78, 5) is 0. The third kappa shape index (κ3) is 4.31. The maximum atomic E-state index is 7.11. The summed E-state index contributed by atoms with van der Waals surface area (Å²) in [5.41, 5.74) is 9.44. The van der Waals surface area contributed by atoms with E-state index in [1.165, 1.54) is 86.9 Å². The van der Waals surface area contributed by atoms with Gasteiger partial charge in [-0.2, -0.15) is 0 Å².